The van der Waals surface area contributed by atoms with Gasteiger partial charge in [-0.15, -0.1) is 11.3 Å². The molecule has 0 bridgehead atoms. The summed E-state index contributed by atoms with van der Waals surface area (Å²) in [5.41, 5.74) is 1.37. The lowest BCUT2D eigenvalue weighted by atomic mass is 10.0. The molecule has 3 heterocycles. The fourth-order valence-corrected chi connectivity index (χ4v) is 3.48. The molecule has 0 aliphatic carbocycles. The lowest BCUT2D eigenvalue weighted by Crippen LogP contribution is -2.28. The zero-order valence-corrected chi connectivity index (χ0v) is 13.4. The minimum Gasteiger partial charge on any atom is -0.462 e. The van der Waals surface area contributed by atoms with Crippen LogP contribution in [0.25, 0.3) is 11.5 Å². The quantitative estimate of drug-likeness (QED) is 0.920. The van der Waals surface area contributed by atoms with Crippen molar-refractivity contribution in [3.8, 4) is 11.5 Å². The highest BCUT2D eigenvalue weighted by Crippen LogP contribution is 2.26. The van der Waals surface area contributed by atoms with Crippen LogP contribution in [0.4, 0.5) is 0 Å². The van der Waals surface area contributed by atoms with Crippen molar-refractivity contribution >= 4 is 17.2 Å². The molecule has 118 valence electrons. The molecule has 2 aromatic rings. The second-order valence-electron chi connectivity index (χ2n) is 5.72. The first-order valence-corrected chi connectivity index (χ1v) is 8.46. The Morgan fingerprint density at radius 1 is 1.59 bits per heavy atom. The lowest BCUT2D eigenvalue weighted by molar-refractivity contribution is 0.0785. The number of nitrogens with zero attached hydrogens (tertiary/aromatic N) is 2. The van der Waals surface area contributed by atoms with Crippen LogP contribution in [0.1, 0.15) is 34.6 Å². The molecule has 1 fully saturated rings. The van der Waals surface area contributed by atoms with Gasteiger partial charge in [0, 0.05) is 25.1 Å². The molecule has 2 aromatic heterocycles. The Labute approximate surface area is 133 Å². The van der Waals surface area contributed by atoms with Crippen molar-refractivity contribution in [2.75, 3.05) is 19.7 Å². The summed E-state index contributed by atoms with van der Waals surface area (Å²) in [6, 6.07) is 1.78. The van der Waals surface area contributed by atoms with Crippen molar-refractivity contribution < 1.29 is 14.3 Å². The van der Waals surface area contributed by atoms with Gasteiger partial charge in [-0.25, -0.2) is 4.98 Å². The average molecular weight is 320 g/mol. The highest BCUT2D eigenvalue weighted by molar-refractivity contribution is 7.09. The van der Waals surface area contributed by atoms with Gasteiger partial charge >= 0.3 is 0 Å². The molecule has 3 rings (SSSR count). The molecule has 0 saturated carbocycles. The van der Waals surface area contributed by atoms with E-state index in [0.717, 1.165) is 43.1 Å². The number of carbonyl (C=O) groups is 1. The standard InChI is InChI=1S/C16H20N2O3S/c1-11-17-14(10-22-11)15-7-13(9-21-15)16(20)18-5-4-12(8-18)3-2-6-19/h7,9-10,12,19H,2-6,8H2,1H3. The summed E-state index contributed by atoms with van der Waals surface area (Å²) in [5.74, 6) is 1.17. The van der Waals surface area contributed by atoms with Crippen molar-refractivity contribution in [1.29, 1.82) is 0 Å². The number of furan rings is 1. The number of hydrogen-bond acceptors (Lipinski definition) is 5. The molecule has 0 radical (unpaired) electrons. The fraction of sp³-hybridized carbons (Fsp3) is 0.500. The third-order valence-corrected chi connectivity index (χ3v) is 4.83. The van der Waals surface area contributed by atoms with Crippen molar-refractivity contribution in [2.45, 2.75) is 26.2 Å². The lowest BCUT2D eigenvalue weighted by Gasteiger charge is -2.15. The number of thiazole rings is 1. The van der Waals surface area contributed by atoms with Crippen LogP contribution in [0.3, 0.4) is 0 Å². The predicted octanol–water partition coefficient (Wildman–Crippen LogP) is 2.95. The Morgan fingerprint density at radius 2 is 2.45 bits per heavy atom. The summed E-state index contributed by atoms with van der Waals surface area (Å²) in [7, 11) is 0. The van der Waals surface area contributed by atoms with Crippen molar-refractivity contribution in [2.24, 2.45) is 5.92 Å². The van der Waals surface area contributed by atoms with E-state index in [-0.39, 0.29) is 12.5 Å². The summed E-state index contributed by atoms with van der Waals surface area (Å²) in [4.78, 5) is 18.8. The summed E-state index contributed by atoms with van der Waals surface area (Å²) >= 11 is 1.56. The van der Waals surface area contributed by atoms with Gasteiger partial charge in [0.1, 0.15) is 12.0 Å². The Hall–Kier alpha value is -1.66. The van der Waals surface area contributed by atoms with E-state index in [4.69, 9.17) is 9.52 Å². The fourth-order valence-electron chi connectivity index (χ4n) is 2.87. The van der Waals surface area contributed by atoms with Crippen LogP contribution < -0.4 is 0 Å². The first-order valence-electron chi connectivity index (χ1n) is 7.58. The van der Waals surface area contributed by atoms with E-state index in [2.05, 4.69) is 4.98 Å². The van der Waals surface area contributed by atoms with E-state index >= 15 is 0 Å². The third-order valence-electron chi connectivity index (χ3n) is 4.06. The van der Waals surface area contributed by atoms with E-state index in [9.17, 15) is 4.79 Å². The largest absolute Gasteiger partial charge is 0.462 e. The second-order valence-corrected chi connectivity index (χ2v) is 6.79. The van der Waals surface area contributed by atoms with Gasteiger partial charge in [-0.3, -0.25) is 4.79 Å². The number of aryl methyl sites for hydroxylation is 1. The number of aliphatic hydroxyl groups excluding tert-OH is 1. The first-order chi connectivity index (χ1) is 10.7. The molecule has 1 atom stereocenters. The molecule has 1 unspecified atom stereocenters. The van der Waals surface area contributed by atoms with Crippen LogP contribution in [-0.4, -0.2) is 40.6 Å². The molecule has 1 amide bonds. The molecular formula is C16H20N2O3S. The first kappa shape index (κ1) is 15.2. The van der Waals surface area contributed by atoms with Gasteiger partial charge in [0.05, 0.1) is 10.6 Å². The summed E-state index contributed by atoms with van der Waals surface area (Å²) in [6.45, 7) is 3.73. The smallest absolute Gasteiger partial charge is 0.257 e. The van der Waals surface area contributed by atoms with Gasteiger partial charge in [-0.1, -0.05) is 0 Å². The second kappa shape index (κ2) is 6.62. The highest BCUT2D eigenvalue weighted by Gasteiger charge is 2.27. The van der Waals surface area contributed by atoms with E-state index < -0.39 is 0 Å². The van der Waals surface area contributed by atoms with Crippen LogP contribution in [0.5, 0.6) is 0 Å². The van der Waals surface area contributed by atoms with E-state index in [1.165, 1.54) is 6.26 Å². The molecule has 0 aromatic carbocycles. The van der Waals surface area contributed by atoms with Gasteiger partial charge in [0.15, 0.2) is 5.76 Å². The Balaban J connectivity index is 1.65. The molecule has 1 aliphatic heterocycles. The van der Waals surface area contributed by atoms with E-state index in [1.54, 1.807) is 17.4 Å². The number of likely N-dealkylation sites (tertiary alicyclic amines) is 1. The molecule has 1 aliphatic rings. The Bertz CT molecular complexity index is 649. The van der Waals surface area contributed by atoms with Gasteiger partial charge in [0.2, 0.25) is 0 Å². The van der Waals surface area contributed by atoms with Crippen LogP contribution in [0.15, 0.2) is 22.1 Å². The number of rotatable bonds is 5. The molecule has 0 spiro atoms. The normalized spacial score (nSPS) is 18.1. The predicted molar refractivity (Wildman–Crippen MR) is 84.9 cm³/mol. The number of hydrogen-bond donors (Lipinski definition) is 1. The molecule has 6 heteroatoms. The zero-order chi connectivity index (χ0) is 15.5. The summed E-state index contributed by atoms with van der Waals surface area (Å²) in [6.07, 6.45) is 4.33. The number of carbonyl (C=O) groups excluding carboxylic acids is 1. The monoisotopic (exact) mass is 320 g/mol. The average Bonchev–Trinajstić information content (AvgIpc) is 3.24. The van der Waals surface area contributed by atoms with Crippen molar-refractivity contribution in [1.82, 2.24) is 9.88 Å². The van der Waals surface area contributed by atoms with Crippen LogP contribution in [-0.2, 0) is 0 Å². The third kappa shape index (κ3) is 3.23. The van der Waals surface area contributed by atoms with E-state index in [1.807, 2.05) is 17.2 Å². The van der Waals surface area contributed by atoms with Gasteiger partial charge in [-0.05, 0) is 38.2 Å². The Kier molecular flexibility index (Phi) is 4.59. The molecular weight excluding hydrogens is 300 g/mol. The van der Waals surface area contributed by atoms with Crippen LogP contribution in [0.2, 0.25) is 0 Å². The summed E-state index contributed by atoms with van der Waals surface area (Å²) < 4.78 is 5.50. The number of aliphatic hydroxyl groups is 1. The maximum absolute atomic E-state index is 12.5. The Morgan fingerprint density at radius 3 is 3.18 bits per heavy atom. The van der Waals surface area contributed by atoms with Crippen LogP contribution >= 0.6 is 11.3 Å². The maximum atomic E-state index is 12.5. The molecule has 1 saturated heterocycles. The van der Waals surface area contributed by atoms with Crippen molar-refractivity contribution in [3.05, 3.63) is 28.3 Å². The number of aromatic nitrogens is 1. The SMILES string of the molecule is Cc1nc(-c2cc(C(=O)N3CCC(CCCO)C3)co2)cs1. The zero-order valence-electron chi connectivity index (χ0n) is 12.6. The molecule has 22 heavy (non-hydrogen) atoms. The highest BCUT2D eigenvalue weighted by atomic mass is 32.1. The van der Waals surface area contributed by atoms with Gasteiger partial charge < -0.3 is 14.4 Å². The van der Waals surface area contributed by atoms with Gasteiger partial charge in [-0.2, -0.15) is 0 Å². The van der Waals surface area contributed by atoms with Crippen LogP contribution in [0, 0.1) is 12.8 Å². The van der Waals surface area contributed by atoms with Crippen molar-refractivity contribution in [3.63, 3.8) is 0 Å². The minimum atomic E-state index is 0.0217. The van der Waals surface area contributed by atoms with Gasteiger partial charge in [0.25, 0.3) is 5.91 Å². The molecule has 5 nitrogen and oxygen atoms in total. The van der Waals surface area contributed by atoms with E-state index in [0.29, 0.717) is 17.2 Å². The topological polar surface area (TPSA) is 66.6 Å². The maximum Gasteiger partial charge on any atom is 0.257 e. The summed E-state index contributed by atoms with van der Waals surface area (Å²) in [5, 5.41) is 11.8. The minimum absolute atomic E-state index is 0.0217. The number of amides is 1. The molecule has 1 N–H and O–H groups in total.